The van der Waals surface area contributed by atoms with E-state index < -0.39 is 11.6 Å². The van der Waals surface area contributed by atoms with Gasteiger partial charge in [-0.15, -0.1) is 6.58 Å². The molecule has 0 spiro atoms. The zero-order valence-corrected chi connectivity index (χ0v) is 16.4. The van der Waals surface area contributed by atoms with Crippen LogP contribution in [0, 0.1) is 29.4 Å². The Bertz CT molecular complexity index is 1080. The summed E-state index contributed by atoms with van der Waals surface area (Å²) in [5.41, 5.74) is 3.14. The van der Waals surface area contributed by atoms with Crippen LogP contribution in [0.3, 0.4) is 0 Å². The number of allylic oxidation sites excluding steroid dienone is 1. The fraction of sp³-hybridized carbons (Fsp3) is 0.259. The van der Waals surface area contributed by atoms with E-state index in [1.807, 2.05) is 6.08 Å². The van der Waals surface area contributed by atoms with E-state index in [0.717, 1.165) is 29.5 Å². The SMILES string of the molecule is C=CCC1CCC(c2ccc(C#Cc3ccc4c(F)c(F)ccc4c3)cc2)CC1. The molecule has 0 amide bonds. The summed E-state index contributed by atoms with van der Waals surface area (Å²) in [7, 11) is 0. The van der Waals surface area contributed by atoms with E-state index in [0.29, 0.717) is 11.3 Å². The molecule has 1 fully saturated rings. The molecule has 1 aliphatic rings. The summed E-state index contributed by atoms with van der Waals surface area (Å²) in [4.78, 5) is 0. The Kier molecular flexibility index (Phi) is 5.76. The topological polar surface area (TPSA) is 0 Å². The van der Waals surface area contributed by atoms with E-state index in [2.05, 4.69) is 42.7 Å². The first-order chi connectivity index (χ1) is 14.1. The molecule has 0 aromatic heterocycles. The fourth-order valence-corrected chi connectivity index (χ4v) is 4.29. The average Bonchev–Trinajstić information content (AvgIpc) is 2.76. The van der Waals surface area contributed by atoms with Crippen molar-refractivity contribution in [1.29, 1.82) is 0 Å². The normalized spacial score (nSPS) is 18.8. The predicted molar refractivity (Wildman–Crippen MR) is 116 cm³/mol. The molecule has 0 radical (unpaired) electrons. The summed E-state index contributed by atoms with van der Waals surface area (Å²) in [6.07, 6.45) is 8.24. The van der Waals surface area contributed by atoms with Gasteiger partial charge in [-0.2, -0.15) is 0 Å². The zero-order valence-electron chi connectivity index (χ0n) is 16.4. The second kappa shape index (κ2) is 8.62. The lowest BCUT2D eigenvalue weighted by Crippen LogP contribution is -2.12. The first-order valence-electron chi connectivity index (χ1n) is 10.2. The van der Waals surface area contributed by atoms with Crippen molar-refractivity contribution in [3.8, 4) is 11.8 Å². The summed E-state index contributed by atoms with van der Waals surface area (Å²) in [5, 5.41) is 0.931. The molecule has 29 heavy (non-hydrogen) atoms. The van der Waals surface area contributed by atoms with Gasteiger partial charge in [0.05, 0.1) is 0 Å². The van der Waals surface area contributed by atoms with Crippen molar-refractivity contribution in [2.45, 2.75) is 38.0 Å². The number of hydrogen-bond donors (Lipinski definition) is 0. The molecule has 3 aromatic rings. The molecular formula is C27H24F2. The lowest BCUT2D eigenvalue weighted by atomic mass is 9.77. The first-order valence-corrected chi connectivity index (χ1v) is 10.2. The number of rotatable bonds is 3. The Morgan fingerprint density at radius 1 is 0.862 bits per heavy atom. The van der Waals surface area contributed by atoms with E-state index in [1.54, 1.807) is 24.3 Å². The number of hydrogen-bond acceptors (Lipinski definition) is 0. The minimum atomic E-state index is -0.828. The maximum absolute atomic E-state index is 13.8. The van der Waals surface area contributed by atoms with Gasteiger partial charge in [0.25, 0.3) is 0 Å². The Balaban J connectivity index is 1.46. The van der Waals surface area contributed by atoms with E-state index in [1.165, 1.54) is 31.2 Å². The average molecular weight is 386 g/mol. The molecular weight excluding hydrogens is 362 g/mol. The van der Waals surface area contributed by atoms with E-state index in [9.17, 15) is 8.78 Å². The van der Waals surface area contributed by atoms with Crippen molar-refractivity contribution in [2.75, 3.05) is 0 Å². The lowest BCUT2D eigenvalue weighted by Gasteiger charge is -2.28. The predicted octanol–water partition coefficient (Wildman–Crippen LogP) is 7.37. The second-order valence-corrected chi connectivity index (χ2v) is 7.91. The van der Waals surface area contributed by atoms with Crippen molar-refractivity contribution in [2.24, 2.45) is 5.92 Å². The Hall–Kier alpha value is -2.92. The Morgan fingerprint density at radius 3 is 2.28 bits per heavy atom. The van der Waals surface area contributed by atoms with Crippen molar-refractivity contribution >= 4 is 10.8 Å². The Morgan fingerprint density at radius 2 is 1.55 bits per heavy atom. The van der Waals surface area contributed by atoms with Crippen LogP contribution in [0.25, 0.3) is 10.8 Å². The van der Waals surface area contributed by atoms with Gasteiger partial charge in [0.1, 0.15) is 0 Å². The van der Waals surface area contributed by atoms with Gasteiger partial charge in [-0.1, -0.05) is 42.2 Å². The third kappa shape index (κ3) is 4.40. The smallest absolute Gasteiger partial charge is 0.166 e. The van der Waals surface area contributed by atoms with Crippen molar-refractivity contribution in [3.63, 3.8) is 0 Å². The van der Waals surface area contributed by atoms with Crippen molar-refractivity contribution < 1.29 is 8.78 Å². The third-order valence-corrected chi connectivity index (χ3v) is 5.99. The highest BCUT2D eigenvalue weighted by Crippen LogP contribution is 2.37. The summed E-state index contributed by atoms with van der Waals surface area (Å²) < 4.78 is 27.1. The van der Waals surface area contributed by atoms with Crippen LogP contribution in [0.1, 0.15) is 54.7 Å². The van der Waals surface area contributed by atoms with Gasteiger partial charge < -0.3 is 0 Å². The highest BCUT2D eigenvalue weighted by atomic mass is 19.2. The minimum Gasteiger partial charge on any atom is -0.204 e. The molecule has 0 heterocycles. The maximum atomic E-state index is 13.8. The highest BCUT2D eigenvalue weighted by Gasteiger charge is 2.21. The van der Waals surface area contributed by atoms with E-state index in [-0.39, 0.29) is 5.39 Å². The van der Waals surface area contributed by atoms with Gasteiger partial charge >= 0.3 is 0 Å². The zero-order chi connectivity index (χ0) is 20.2. The van der Waals surface area contributed by atoms with Crippen LogP contribution in [0.5, 0.6) is 0 Å². The number of halogens is 2. The monoisotopic (exact) mass is 386 g/mol. The van der Waals surface area contributed by atoms with Crippen LogP contribution >= 0.6 is 0 Å². The molecule has 4 rings (SSSR count). The lowest BCUT2D eigenvalue weighted by molar-refractivity contribution is 0.328. The first kappa shape index (κ1) is 19.4. The van der Waals surface area contributed by atoms with Crippen LogP contribution in [0.4, 0.5) is 8.78 Å². The molecule has 0 unspecified atom stereocenters. The van der Waals surface area contributed by atoms with Crippen LogP contribution < -0.4 is 0 Å². The molecule has 3 aromatic carbocycles. The van der Waals surface area contributed by atoms with E-state index in [4.69, 9.17) is 0 Å². The highest BCUT2D eigenvalue weighted by molar-refractivity contribution is 5.84. The molecule has 0 bridgehead atoms. The molecule has 0 saturated heterocycles. The fourth-order valence-electron chi connectivity index (χ4n) is 4.29. The third-order valence-electron chi connectivity index (χ3n) is 5.99. The van der Waals surface area contributed by atoms with Crippen LogP contribution in [-0.4, -0.2) is 0 Å². The molecule has 2 heteroatoms. The van der Waals surface area contributed by atoms with Gasteiger partial charge in [-0.25, -0.2) is 8.78 Å². The van der Waals surface area contributed by atoms with Gasteiger partial charge in [-0.05, 0) is 85.2 Å². The minimum absolute atomic E-state index is 0.280. The van der Waals surface area contributed by atoms with E-state index >= 15 is 0 Å². The largest absolute Gasteiger partial charge is 0.204 e. The molecule has 0 aliphatic heterocycles. The number of fused-ring (bicyclic) bond motifs is 1. The van der Waals surface area contributed by atoms with Gasteiger partial charge in [0.2, 0.25) is 0 Å². The molecule has 0 atom stereocenters. The Labute approximate surface area is 171 Å². The molecule has 0 nitrogen and oxygen atoms in total. The van der Waals surface area contributed by atoms with Crippen molar-refractivity contribution in [3.05, 3.63) is 95.6 Å². The molecule has 1 aliphatic carbocycles. The second-order valence-electron chi connectivity index (χ2n) is 7.91. The summed E-state index contributed by atoms with van der Waals surface area (Å²) in [6.45, 7) is 3.86. The standard InChI is InChI=1S/C27H24F2/c1-2-3-19-6-11-22(12-7-19)23-13-8-20(9-14-23)4-5-21-10-16-25-24(18-21)15-17-26(28)27(25)29/h2,8-10,13-19,22H,1,3,6-7,11-12H2. The molecule has 0 N–H and O–H groups in total. The summed E-state index contributed by atoms with van der Waals surface area (Å²) >= 11 is 0. The van der Waals surface area contributed by atoms with Gasteiger partial charge in [-0.3, -0.25) is 0 Å². The summed E-state index contributed by atoms with van der Waals surface area (Å²) in [6, 6.07) is 16.4. The van der Waals surface area contributed by atoms with Crippen LogP contribution in [0.2, 0.25) is 0 Å². The van der Waals surface area contributed by atoms with Crippen molar-refractivity contribution in [1.82, 2.24) is 0 Å². The van der Waals surface area contributed by atoms with Gasteiger partial charge in [0, 0.05) is 16.5 Å². The maximum Gasteiger partial charge on any atom is 0.166 e. The van der Waals surface area contributed by atoms with Crippen LogP contribution in [0.15, 0.2) is 67.3 Å². The summed E-state index contributed by atoms with van der Waals surface area (Å²) in [5.74, 6) is 6.12. The van der Waals surface area contributed by atoms with Gasteiger partial charge in [0.15, 0.2) is 11.6 Å². The molecule has 1 saturated carbocycles. The van der Waals surface area contributed by atoms with Crippen LogP contribution in [-0.2, 0) is 0 Å². The number of benzene rings is 3. The quantitative estimate of drug-likeness (QED) is 0.326. The molecule has 146 valence electrons.